The first-order chi connectivity index (χ1) is 8.85. The molecule has 1 atom stereocenters. The van der Waals surface area contributed by atoms with Crippen LogP contribution in [0.4, 0.5) is 0 Å². The molecule has 0 saturated carbocycles. The van der Waals surface area contributed by atoms with Gasteiger partial charge in [-0.3, -0.25) is 0 Å². The molecule has 0 radical (unpaired) electrons. The Balaban J connectivity index is 2.15. The number of aromatic nitrogens is 2. The maximum atomic E-state index is 8.99. The lowest BCUT2D eigenvalue weighted by Crippen LogP contribution is -2.29. The largest absolute Gasteiger partial charge is 0.302 e. The molecule has 1 heterocycles. The predicted octanol–water partition coefficient (Wildman–Crippen LogP) is 2.22. The average Bonchev–Trinajstić information content (AvgIpc) is 2.43. The zero-order valence-electron chi connectivity index (χ0n) is 10.1. The van der Waals surface area contributed by atoms with Gasteiger partial charge in [-0.1, -0.05) is 25.1 Å². The highest BCUT2D eigenvalue weighted by molar-refractivity contribution is 7.99. The van der Waals surface area contributed by atoms with Gasteiger partial charge in [0.2, 0.25) is 0 Å². The summed E-state index contributed by atoms with van der Waals surface area (Å²) in [6.07, 6.45) is 1.57. The zero-order chi connectivity index (χ0) is 12.8. The van der Waals surface area contributed by atoms with Crippen molar-refractivity contribution in [1.29, 1.82) is 5.26 Å². The van der Waals surface area contributed by atoms with E-state index in [1.807, 2.05) is 31.2 Å². The smallest absolute Gasteiger partial charge is 0.117 e. The Morgan fingerprint density at radius 2 is 2.22 bits per heavy atom. The van der Waals surface area contributed by atoms with E-state index in [2.05, 4.69) is 21.4 Å². The lowest BCUT2D eigenvalue weighted by atomic mass is 10.2. The highest BCUT2D eigenvalue weighted by atomic mass is 32.2. The van der Waals surface area contributed by atoms with Crippen molar-refractivity contribution >= 4 is 22.7 Å². The van der Waals surface area contributed by atoms with E-state index >= 15 is 0 Å². The molecule has 0 saturated heterocycles. The van der Waals surface area contributed by atoms with Crippen LogP contribution < -0.4 is 5.32 Å². The summed E-state index contributed by atoms with van der Waals surface area (Å²) in [5.41, 5.74) is 0.937. The first-order valence-electron chi connectivity index (χ1n) is 5.80. The lowest BCUT2D eigenvalue weighted by Gasteiger charge is -2.09. The van der Waals surface area contributed by atoms with Crippen LogP contribution in [0, 0.1) is 11.3 Å². The number of para-hydroxylation sites is 1. The Bertz CT molecular complexity index is 559. The van der Waals surface area contributed by atoms with Crippen molar-refractivity contribution in [3.8, 4) is 6.07 Å². The van der Waals surface area contributed by atoms with E-state index in [-0.39, 0.29) is 6.04 Å². The summed E-state index contributed by atoms with van der Waals surface area (Å²) in [4.78, 5) is 8.51. The fourth-order valence-corrected chi connectivity index (χ4v) is 2.61. The number of fused-ring (bicyclic) bond motifs is 1. The molecule has 0 aliphatic carbocycles. The van der Waals surface area contributed by atoms with Crippen molar-refractivity contribution in [3.05, 3.63) is 30.6 Å². The summed E-state index contributed by atoms with van der Waals surface area (Å²) in [6.45, 7) is 2.79. The molecule has 0 spiro atoms. The van der Waals surface area contributed by atoms with Crippen molar-refractivity contribution in [3.63, 3.8) is 0 Å². The molecule has 18 heavy (non-hydrogen) atoms. The van der Waals surface area contributed by atoms with Gasteiger partial charge in [0.25, 0.3) is 0 Å². The minimum atomic E-state index is -0.145. The minimum absolute atomic E-state index is 0.145. The van der Waals surface area contributed by atoms with Crippen LogP contribution in [0.5, 0.6) is 0 Å². The standard InChI is InChI=1S/C13H14N4S/c1-2-15-10(7-14)8-18-13-11-5-3-4-6-12(11)16-9-17-13/h3-6,9-10,15H,2,8H2,1H3. The molecule has 5 heteroatoms. The molecule has 0 amide bonds. The molecule has 2 aromatic rings. The number of nitriles is 1. The highest BCUT2D eigenvalue weighted by Crippen LogP contribution is 2.24. The van der Waals surface area contributed by atoms with E-state index in [1.165, 1.54) is 0 Å². The van der Waals surface area contributed by atoms with Gasteiger partial charge in [0.15, 0.2) is 0 Å². The van der Waals surface area contributed by atoms with Crippen molar-refractivity contribution in [2.75, 3.05) is 12.3 Å². The molecule has 1 aromatic carbocycles. The molecular weight excluding hydrogens is 244 g/mol. The summed E-state index contributed by atoms with van der Waals surface area (Å²) < 4.78 is 0. The van der Waals surface area contributed by atoms with Crippen LogP contribution in [0.3, 0.4) is 0 Å². The molecular formula is C13H14N4S. The fourth-order valence-electron chi connectivity index (χ4n) is 1.65. The lowest BCUT2D eigenvalue weighted by molar-refractivity contribution is 0.677. The summed E-state index contributed by atoms with van der Waals surface area (Å²) in [6, 6.07) is 10.0. The topological polar surface area (TPSA) is 61.6 Å². The molecule has 1 unspecified atom stereocenters. The molecule has 4 nitrogen and oxygen atoms in total. The summed E-state index contributed by atoms with van der Waals surface area (Å²) in [5.74, 6) is 0.686. The molecule has 0 bridgehead atoms. The average molecular weight is 258 g/mol. The van der Waals surface area contributed by atoms with Crippen LogP contribution >= 0.6 is 11.8 Å². The third-order valence-corrected chi connectivity index (χ3v) is 3.60. The van der Waals surface area contributed by atoms with Crippen LogP contribution in [0.25, 0.3) is 10.9 Å². The number of rotatable bonds is 5. The second-order valence-electron chi connectivity index (χ2n) is 3.75. The van der Waals surface area contributed by atoms with Crippen LogP contribution in [-0.2, 0) is 0 Å². The first-order valence-corrected chi connectivity index (χ1v) is 6.79. The number of nitrogens with zero attached hydrogens (tertiary/aromatic N) is 3. The third kappa shape index (κ3) is 2.97. The monoisotopic (exact) mass is 258 g/mol. The Labute approximate surface area is 110 Å². The van der Waals surface area contributed by atoms with Crippen LogP contribution in [0.15, 0.2) is 35.6 Å². The van der Waals surface area contributed by atoms with Gasteiger partial charge in [-0.05, 0) is 12.6 Å². The van der Waals surface area contributed by atoms with Gasteiger partial charge in [-0.2, -0.15) is 5.26 Å². The summed E-state index contributed by atoms with van der Waals surface area (Å²) >= 11 is 1.59. The number of benzene rings is 1. The molecule has 1 aromatic heterocycles. The second kappa shape index (κ2) is 6.34. The van der Waals surface area contributed by atoms with Gasteiger partial charge >= 0.3 is 0 Å². The third-order valence-electron chi connectivity index (χ3n) is 2.50. The summed E-state index contributed by atoms with van der Waals surface area (Å²) in [5, 5.41) is 14.1. The van der Waals surface area contributed by atoms with Crippen molar-refractivity contribution in [2.24, 2.45) is 0 Å². The van der Waals surface area contributed by atoms with Gasteiger partial charge in [0, 0.05) is 11.1 Å². The fraction of sp³-hybridized carbons (Fsp3) is 0.308. The predicted molar refractivity (Wildman–Crippen MR) is 73.3 cm³/mol. The van der Waals surface area contributed by atoms with E-state index in [0.29, 0.717) is 5.75 Å². The van der Waals surface area contributed by atoms with Gasteiger partial charge in [0.1, 0.15) is 17.4 Å². The number of hydrogen-bond donors (Lipinski definition) is 1. The van der Waals surface area contributed by atoms with Gasteiger partial charge < -0.3 is 5.32 Å². The van der Waals surface area contributed by atoms with E-state index in [4.69, 9.17) is 5.26 Å². The molecule has 2 rings (SSSR count). The highest BCUT2D eigenvalue weighted by Gasteiger charge is 2.09. The van der Waals surface area contributed by atoms with E-state index < -0.39 is 0 Å². The van der Waals surface area contributed by atoms with E-state index in [9.17, 15) is 0 Å². The normalized spacial score (nSPS) is 12.2. The second-order valence-corrected chi connectivity index (χ2v) is 4.76. The number of thioether (sulfide) groups is 1. The molecule has 0 aliphatic rings. The van der Waals surface area contributed by atoms with Crippen molar-refractivity contribution in [1.82, 2.24) is 15.3 Å². The van der Waals surface area contributed by atoms with Gasteiger partial charge in [0.05, 0.1) is 11.6 Å². The minimum Gasteiger partial charge on any atom is -0.302 e. The summed E-state index contributed by atoms with van der Waals surface area (Å²) in [7, 11) is 0. The van der Waals surface area contributed by atoms with Crippen LogP contribution in [0.1, 0.15) is 6.92 Å². The Hall–Kier alpha value is -1.64. The number of nitrogens with one attached hydrogen (secondary N) is 1. The van der Waals surface area contributed by atoms with Crippen LogP contribution in [0.2, 0.25) is 0 Å². The SMILES string of the molecule is CCNC(C#N)CSc1ncnc2ccccc12. The molecule has 0 aliphatic heterocycles. The first kappa shape index (κ1) is 12.8. The van der Waals surface area contributed by atoms with Crippen molar-refractivity contribution in [2.45, 2.75) is 18.0 Å². The van der Waals surface area contributed by atoms with Crippen molar-refractivity contribution < 1.29 is 0 Å². The maximum absolute atomic E-state index is 8.99. The zero-order valence-corrected chi connectivity index (χ0v) is 10.9. The van der Waals surface area contributed by atoms with Gasteiger partial charge in [-0.25, -0.2) is 9.97 Å². The molecule has 1 N–H and O–H groups in total. The number of hydrogen-bond acceptors (Lipinski definition) is 5. The van der Waals surface area contributed by atoms with E-state index in [1.54, 1.807) is 18.1 Å². The Morgan fingerprint density at radius 1 is 1.39 bits per heavy atom. The Kier molecular flexibility index (Phi) is 4.51. The molecule has 92 valence electrons. The van der Waals surface area contributed by atoms with E-state index in [0.717, 1.165) is 22.5 Å². The van der Waals surface area contributed by atoms with Gasteiger partial charge in [-0.15, -0.1) is 11.8 Å². The Morgan fingerprint density at radius 3 is 3.00 bits per heavy atom. The quantitative estimate of drug-likeness (QED) is 0.658. The molecule has 0 fully saturated rings. The van der Waals surface area contributed by atoms with Crippen LogP contribution in [-0.4, -0.2) is 28.3 Å². The maximum Gasteiger partial charge on any atom is 0.117 e.